The largest absolute Gasteiger partial charge is 0.389 e. The van der Waals surface area contributed by atoms with Crippen LogP contribution in [0.15, 0.2) is 52.6 Å². The number of hydrogen-bond acceptors (Lipinski definition) is 9. The molecule has 1 aromatic carbocycles. The normalized spacial score (nSPS) is 22.2. The monoisotopic (exact) mass is 569 g/mol. The van der Waals surface area contributed by atoms with Crippen LogP contribution in [-0.4, -0.2) is 91.0 Å². The number of rotatable bonds is 9. The molecule has 214 valence electrons. The Labute approximate surface area is 234 Å². The lowest BCUT2D eigenvalue weighted by atomic mass is 10.1. The first-order valence-corrected chi connectivity index (χ1v) is 15.2. The number of piperazine rings is 1. The smallest absolute Gasteiger partial charge is 0.279 e. The standard InChI is InChI=1S/C28H35N5O6S/c1-19-16-32(12-13-33(19)20(2)34)17-21-3-10-26(29-15-21)30-28(35)27(31-39-23-11-14-38-18-23)22-4-6-24(7-5-22)40(36,37)25-8-9-25/h3-7,10,15,19,23,25H,8-9,11-14,16-18H2,1-2H3,(H,29,30,35)/t19-,23+/m0/s1. The summed E-state index contributed by atoms with van der Waals surface area (Å²) < 4.78 is 30.5. The van der Waals surface area contributed by atoms with E-state index < -0.39 is 15.7 Å². The first kappa shape index (κ1) is 28.2. The van der Waals surface area contributed by atoms with Crippen molar-refractivity contribution in [1.29, 1.82) is 0 Å². The van der Waals surface area contributed by atoms with E-state index in [2.05, 4.69) is 20.4 Å². The third-order valence-corrected chi connectivity index (χ3v) is 9.68. The topological polar surface area (TPSA) is 130 Å². The summed E-state index contributed by atoms with van der Waals surface area (Å²) >= 11 is 0. The summed E-state index contributed by atoms with van der Waals surface area (Å²) in [5, 5.41) is 6.61. The average Bonchev–Trinajstić information content (AvgIpc) is 3.67. The zero-order valence-electron chi connectivity index (χ0n) is 22.8. The van der Waals surface area contributed by atoms with Crippen LogP contribution >= 0.6 is 0 Å². The summed E-state index contributed by atoms with van der Waals surface area (Å²) in [5.41, 5.74) is 1.44. The minimum absolute atomic E-state index is 0.0190. The number of carbonyl (C=O) groups is 2. The van der Waals surface area contributed by atoms with E-state index in [1.54, 1.807) is 31.3 Å². The number of pyridine rings is 1. The number of nitrogens with zero attached hydrogens (tertiary/aromatic N) is 4. The van der Waals surface area contributed by atoms with Crippen molar-refractivity contribution in [3.8, 4) is 0 Å². The van der Waals surface area contributed by atoms with E-state index in [9.17, 15) is 18.0 Å². The lowest BCUT2D eigenvalue weighted by Gasteiger charge is -2.39. The van der Waals surface area contributed by atoms with Gasteiger partial charge in [0, 0.05) is 57.3 Å². The molecular weight excluding hydrogens is 534 g/mol. The molecule has 2 saturated heterocycles. The molecule has 2 amide bonds. The van der Waals surface area contributed by atoms with Gasteiger partial charge in [-0.3, -0.25) is 14.5 Å². The molecule has 1 aromatic heterocycles. The number of ether oxygens (including phenoxy) is 1. The first-order valence-electron chi connectivity index (χ1n) is 13.6. The zero-order chi connectivity index (χ0) is 28.3. The van der Waals surface area contributed by atoms with Crippen LogP contribution < -0.4 is 5.32 Å². The molecule has 0 radical (unpaired) electrons. The van der Waals surface area contributed by atoms with Crippen molar-refractivity contribution in [2.45, 2.75) is 61.9 Å². The molecular formula is C28H35N5O6S. The highest BCUT2D eigenvalue weighted by molar-refractivity contribution is 7.92. The van der Waals surface area contributed by atoms with Gasteiger partial charge in [-0.2, -0.15) is 0 Å². The number of oxime groups is 1. The van der Waals surface area contributed by atoms with Crippen LogP contribution in [0.5, 0.6) is 0 Å². The molecule has 0 bridgehead atoms. The van der Waals surface area contributed by atoms with Crippen LogP contribution in [0.2, 0.25) is 0 Å². The van der Waals surface area contributed by atoms with E-state index in [1.807, 2.05) is 17.9 Å². The van der Waals surface area contributed by atoms with Crippen LogP contribution in [0, 0.1) is 0 Å². The third-order valence-electron chi connectivity index (χ3n) is 7.40. The van der Waals surface area contributed by atoms with Gasteiger partial charge < -0.3 is 19.8 Å². The zero-order valence-corrected chi connectivity index (χ0v) is 23.6. The Kier molecular flexibility index (Phi) is 8.48. The number of nitrogens with one attached hydrogen (secondary N) is 1. The molecule has 2 atom stereocenters. The molecule has 1 aliphatic carbocycles. The van der Waals surface area contributed by atoms with Crippen molar-refractivity contribution < 1.29 is 27.6 Å². The van der Waals surface area contributed by atoms with Crippen LogP contribution in [-0.2, 0) is 35.5 Å². The van der Waals surface area contributed by atoms with Crippen LogP contribution in [0.25, 0.3) is 0 Å². The summed E-state index contributed by atoms with van der Waals surface area (Å²) in [6, 6.07) is 9.96. The van der Waals surface area contributed by atoms with Crippen molar-refractivity contribution >= 4 is 33.2 Å². The van der Waals surface area contributed by atoms with E-state index in [4.69, 9.17) is 9.57 Å². The van der Waals surface area contributed by atoms with Crippen LogP contribution in [0.1, 0.15) is 44.2 Å². The number of hydrogen-bond donors (Lipinski definition) is 1. The highest BCUT2D eigenvalue weighted by atomic mass is 32.2. The lowest BCUT2D eigenvalue weighted by molar-refractivity contribution is -0.133. The van der Waals surface area contributed by atoms with E-state index in [1.165, 1.54) is 12.1 Å². The molecule has 2 aromatic rings. The van der Waals surface area contributed by atoms with Crippen molar-refractivity contribution in [3.63, 3.8) is 0 Å². The van der Waals surface area contributed by atoms with Crippen LogP contribution in [0.3, 0.4) is 0 Å². The number of carbonyl (C=O) groups excluding carboxylic acids is 2. The molecule has 3 aliphatic rings. The van der Waals surface area contributed by atoms with E-state index in [-0.39, 0.29) is 33.9 Å². The molecule has 0 unspecified atom stereocenters. The number of sulfone groups is 1. The number of anilines is 1. The fraction of sp³-hybridized carbons (Fsp3) is 0.500. The van der Waals surface area contributed by atoms with E-state index in [0.29, 0.717) is 56.9 Å². The van der Waals surface area contributed by atoms with Gasteiger partial charge in [-0.05, 0) is 43.5 Å². The van der Waals surface area contributed by atoms with Crippen molar-refractivity contribution in [1.82, 2.24) is 14.8 Å². The number of amides is 2. The summed E-state index contributed by atoms with van der Waals surface area (Å²) in [7, 11) is -3.35. The minimum atomic E-state index is -3.35. The Morgan fingerprint density at radius 2 is 1.90 bits per heavy atom. The van der Waals surface area contributed by atoms with Gasteiger partial charge in [-0.25, -0.2) is 13.4 Å². The SMILES string of the molecule is CC(=O)N1CCN(Cc2ccc(NC(=O)C(=NO[C@@H]3CCOC3)c3ccc(S(=O)(=O)C4CC4)cc3)nc2)C[C@@H]1C. The fourth-order valence-electron chi connectivity index (χ4n) is 4.99. The summed E-state index contributed by atoms with van der Waals surface area (Å²) in [6.45, 7) is 7.56. The molecule has 12 heteroatoms. The van der Waals surface area contributed by atoms with Crippen molar-refractivity contribution in [2.24, 2.45) is 5.16 Å². The molecule has 11 nitrogen and oxygen atoms in total. The fourth-order valence-corrected chi connectivity index (χ4v) is 6.65. The third kappa shape index (κ3) is 6.68. The quantitative estimate of drug-likeness (QED) is 0.359. The van der Waals surface area contributed by atoms with Gasteiger partial charge in [0.05, 0.1) is 23.4 Å². The molecule has 2 aliphatic heterocycles. The molecule has 1 N–H and O–H groups in total. The average molecular weight is 570 g/mol. The summed E-state index contributed by atoms with van der Waals surface area (Å²) in [6.07, 6.45) is 3.49. The van der Waals surface area contributed by atoms with Gasteiger partial charge in [0.1, 0.15) is 5.82 Å². The van der Waals surface area contributed by atoms with Gasteiger partial charge in [-0.15, -0.1) is 0 Å². The maximum Gasteiger partial charge on any atom is 0.279 e. The van der Waals surface area contributed by atoms with Crippen molar-refractivity contribution in [2.75, 3.05) is 38.2 Å². The highest BCUT2D eigenvalue weighted by Crippen LogP contribution is 2.33. The van der Waals surface area contributed by atoms with Gasteiger partial charge in [-0.1, -0.05) is 23.4 Å². The Morgan fingerprint density at radius 1 is 1.12 bits per heavy atom. The highest BCUT2D eigenvalue weighted by Gasteiger charge is 2.37. The molecule has 3 heterocycles. The van der Waals surface area contributed by atoms with Crippen molar-refractivity contribution in [3.05, 3.63) is 53.7 Å². The maximum atomic E-state index is 13.3. The van der Waals surface area contributed by atoms with Gasteiger partial charge in [0.2, 0.25) is 5.91 Å². The Hall–Kier alpha value is -3.35. The van der Waals surface area contributed by atoms with E-state index in [0.717, 1.165) is 18.7 Å². The Bertz CT molecular complexity index is 1350. The van der Waals surface area contributed by atoms with Gasteiger partial charge in [0.25, 0.3) is 5.91 Å². The Balaban J connectivity index is 1.26. The summed E-state index contributed by atoms with van der Waals surface area (Å²) in [5.74, 6) is -0.0717. The molecule has 5 rings (SSSR count). The van der Waals surface area contributed by atoms with Crippen LogP contribution in [0.4, 0.5) is 5.82 Å². The minimum Gasteiger partial charge on any atom is -0.389 e. The number of benzene rings is 1. The lowest BCUT2D eigenvalue weighted by Crippen LogP contribution is -2.52. The number of aromatic nitrogens is 1. The van der Waals surface area contributed by atoms with E-state index >= 15 is 0 Å². The molecule has 0 spiro atoms. The second-order valence-corrected chi connectivity index (χ2v) is 12.8. The van der Waals surface area contributed by atoms with Gasteiger partial charge in [0.15, 0.2) is 21.7 Å². The molecule has 3 fully saturated rings. The predicted octanol–water partition coefficient (Wildman–Crippen LogP) is 2.22. The summed E-state index contributed by atoms with van der Waals surface area (Å²) in [4.78, 5) is 39.4. The molecule has 40 heavy (non-hydrogen) atoms. The first-order chi connectivity index (χ1) is 19.2. The molecule has 1 saturated carbocycles. The van der Waals surface area contributed by atoms with Gasteiger partial charge >= 0.3 is 0 Å². The second kappa shape index (κ2) is 12.0. The maximum absolute atomic E-state index is 13.3. The predicted molar refractivity (Wildman–Crippen MR) is 148 cm³/mol. The Morgan fingerprint density at radius 3 is 2.50 bits per heavy atom. The second-order valence-electron chi connectivity index (χ2n) is 10.6.